The van der Waals surface area contributed by atoms with Gasteiger partial charge in [-0.3, -0.25) is 9.59 Å². The monoisotopic (exact) mass is 454 g/mol. The summed E-state index contributed by atoms with van der Waals surface area (Å²) in [6, 6.07) is 0. The van der Waals surface area contributed by atoms with Crippen LogP contribution in [0.15, 0.2) is 0 Å². The molecular formula is C23H34O9. The number of hydrogen-bond acceptors (Lipinski definition) is 8. The van der Waals surface area contributed by atoms with E-state index in [0.717, 1.165) is 0 Å². The lowest BCUT2D eigenvalue weighted by molar-refractivity contribution is -0.249. The number of hydrogen-bond donors (Lipinski definition) is 1. The summed E-state index contributed by atoms with van der Waals surface area (Å²) in [4.78, 5) is 36.8. The molecule has 9 heteroatoms. The van der Waals surface area contributed by atoms with Crippen molar-refractivity contribution in [3.05, 3.63) is 0 Å². The fourth-order valence-electron chi connectivity index (χ4n) is 5.49. The molecule has 0 amide bonds. The lowest BCUT2D eigenvalue weighted by atomic mass is 9.73. The number of carbonyl (C=O) groups is 3. The Labute approximate surface area is 188 Å². The van der Waals surface area contributed by atoms with Crippen LogP contribution in [0.1, 0.15) is 73.1 Å². The maximum absolute atomic E-state index is 13.0. The van der Waals surface area contributed by atoms with Gasteiger partial charge in [-0.05, 0) is 38.0 Å². The van der Waals surface area contributed by atoms with Gasteiger partial charge in [0.2, 0.25) is 6.10 Å². The number of carbonyl (C=O) groups excluding carboxylic acids is 2. The van der Waals surface area contributed by atoms with E-state index in [2.05, 4.69) is 20.8 Å². The zero-order chi connectivity index (χ0) is 23.5. The predicted octanol–water partition coefficient (Wildman–Crippen LogP) is 2.79. The lowest BCUT2D eigenvalue weighted by Crippen LogP contribution is -2.43. The zero-order valence-electron chi connectivity index (χ0n) is 19.4. The number of carboxylic acid groups (broad SMARTS) is 1. The molecule has 9 nitrogen and oxygen atoms in total. The van der Waals surface area contributed by atoms with E-state index in [1.54, 1.807) is 0 Å². The number of ether oxygens (including phenoxy) is 5. The summed E-state index contributed by atoms with van der Waals surface area (Å²) in [6.45, 7) is 9.96. The van der Waals surface area contributed by atoms with Crippen LogP contribution < -0.4 is 0 Å². The quantitative estimate of drug-likeness (QED) is 0.626. The van der Waals surface area contributed by atoms with Crippen molar-refractivity contribution in [2.24, 2.45) is 16.7 Å². The molecule has 6 atom stereocenters. The summed E-state index contributed by atoms with van der Waals surface area (Å²) < 4.78 is 29.3. The predicted molar refractivity (Wildman–Crippen MR) is 109 cm³/mol. The molecule has 0 aromatic carbocycles. The number of aliphatic carboxylic acids is 1. The van der Waals surface area contributed by atoms with Crippen molar-refractivity contribution >= 4 is 17.9 Å². The van der Waals surface area contributed by atoms with Gasteiger partial charge in [-0.15, -0.1) is 0 Å². The van der Waals surface area contributed by atoms with Gasteiger partial charge in [-0.1, -0.05) is 27.7 Å². The van der Waals surface area contributed by atoms with Crippen LogP contribution in [0.4, 0.5) is 0 Å². The first-order chi connectivity index (χ1) is 14.9. The Balaban J connectivity index is 1.41. The van der Waals surface area contributed by atoms with E-state index in [4.69, 9.17) is 23.7 Å². The van der Waals surface area contributed by atoms with Gasteiger partial charge in [0, 0.05) is 12.8 Å². The minimum atomic E-state index is -1.16. The summed E-state index contributed by atoms with van der Waals surface area (Å²) in [5.74, 6) is -3.21. The van der Waals surface area contributed by atoms with Crippen LogP contribution in [0.2, 0.25) is 0 Å². The van der Waals surface area contributed by atoms with E-state index < -0.39 is 65.7 Å². The molecule has 1 N–H and O–H groups in total. The second kappa shape index (κ2) is 7.95. The summed E-state index contributed by atoms with van der Waals surface area (Å²) in [7, 11) is 0. The number of rotatable bonds is 5. The third-order valence-electron chi connectivity index (χ3n) is 7.20. The molecule has 0 bridgehead atoms. The number of carboxylic acids is 1. The Kier molecular flexibility index (Phi) is 5.83. The van der Waals surface area contributed by atoms with E-state index in [-0.39, 0.29) is 5.41 Å². The highest BCUT2D eigenvalue weighted by Gasteiger charge is 2.66. The molecule has 4 fully saturated rings. The average molecular weight is 455 g/mol. The van der Waals surface area contributed by atoms with E-state index in [1.165, 1.54) is 0 Å². The van der Waals surface area contributed by atoms with Gasteiger partial charge in [0.15, 0.2) is 24.3 Å². The minimum absolute atomic E-state index is 0.0843. The van der Waals surface area contributed by atoms with Gasteiger partial charge in [-0.25, -0.2) is 4.79 Å². The molecule has 32 heavy (non-hydrogen) atoms. The molecule has 3 heterocycles. The molecule has 1 aliphatic carbocycles. The molecule has 3 aliphatic heterocycles. The van der Waals surface area contributed by atoms with Gasteiger partial charge < -0.3 is 28.8 Å². The average Bonchev–Trinajstić information content (AvgIpc) is 3.29. The van der Waals surface area contributed by atoms with Crippen LogP contribution >= 0.6 is 0 Å². The fourth-order valence-corrected chi connectivity index (χ4v) is 5.49. The molecule has 0 aromatic heterocycles. The van der Waals surface area contributed by atoms with Crippen LogP contribution in [-0.2, 0) is 38.1 Å². The highest BCUT2D eigenvalue weighted by molar-refractivity contribution is 5.84. The fraction of sp³-hybridized carbons (Fsp3) is 0.870. The van der Waals surface area contributed by atoms with Crippen molar-refractivity contribution in [1.82, 2.24) is 0 Å². The SMILES string of the molecule is CCC(C)(CC(C)(C)C)C(=O)OC1C(=O)OC2C3OC4(CCC(C(=O)O)CC4)OC3OC12. The number of esters is 2. The lowest BCUT2D eigenvalue weighted by Gasteiger charge is -2.35. The van der Waals surface area contributed by atoms with Crippen molar-refractivity contribution in [2.75, 3.05) is 0 Å². The molecule has 6 unspecified atom stereocenters. The highest BCUT2D eigenvalue weighted by Crippen LogP contribution is 2.49. The summed E-state index contributed by atoms with van der Waals surface area (Å²) >= 11 is 0. The zero-order valence-corrected chi connectivity index (χ0v) is 19.4. The van der Waals surface area contributed by atoms with Gasteiger partial charge in [-0.2, -0.15) is 0 Å². The van der Waals surface area contributed by atoms with Crippen molar-refractivity contribution in [3.8, 4) is 0 Å². The second-order valence-electron chi connectivity index (χ2n) is 11.1. The van der Waals surface area contributed by atoms with Crippen molar-refractivity contribution in [2.45, 2.75) is 110 Å². The first-order valence-corrected chi connectivity index (χ1v) is 11.5. The van der Waals surface area contributed by atoms with E-state index in [9.17, 15) is 19.5 Å². The topological polar surface area (TPSA) is 118 Å². The van der Waals surface area contributed by atoms with Gasteiger partial charge >= 0.3 is 17.9 Å². The van der Waals surface area contributed by atoms with Crippen LogP contribution in [-0.4, -0.2) is 59.5 Å². The Morgan fingerprint density at radius 3 is 2.31 bits per heavy atom. The van der Waals surface area contributed by atoms with E-state index >= 15 is 0 Å². The molecular weight excluding hydrogens is 420 g/mol. The first kappa shape index (κ1) is 23.4. The normalized spacial score (nSPS) is 40.5. The Morgan fingerprint density at radius 2 is 1.75 bits per heavy atom. The van der Waals surface area contributed by atoms with E-state index in [1.807, 2.05) is 13.8 Å². The van der Waals surface area contributed by atoms with E-state index in [0.29, 0.717) is 38.5 Å². The Bertz CT molecular complexity index is 779. The molecule has 4 aliphatic rings. The second-order valence-corrected chi connectivity index (χ2v) is 11.1. The third kappa shape index (κ3) is 4.15. The molecule has 0 aromatic rings. The smallest absolute Gasteiger partial charge is 0.350 e. The molecule has 1 spiro atoms. The molecule has 0 radical (unpaired) electrons. The molecule has 4 rings (SSSR count). The van der Waals surface area contributed by atoms with Crippen LogP contribution in [0.25, 0.3) is 0 Å². The molecule has 3 saturated heterocycles. The maximum atomic E-state index is 13.0. The van der Waals surface area contributed by atoms with Crippen LogP contribution in [0, 0.1) is 16.7 Å². The summed E-state index contributed by atoms with van der Waals surface area (Å²) in [5.41, 5.74) is -0.816. The summed E-state index contributed by atoms with van der Waals surface area (Å²) in [5, 5.41) is 9.22. The van der Waals surface area contributed by atoms with Gasteiger partial charge in [0.1, 0.15) is 6.10 Å². The standard InChI is InChI=1S/C23H34O9/c1-6-22(5,11-21(2,3)4)20(27)30-15-13-14(28-18(15)26)16-19(29-13)32-23(31-16)9-7-12(8-10-23)17(24)25/h12-16,19H,6-11H2,1-5H3,(H,24,25). The molecule has 180 valence electrons. The van der Waals surface area contributed by atoms with Crippen molar-refractivity contribution in [1.29, 1.82) is 0 Å². The first-order valence-electron chi connectivity index (χ1n) is 11.5. The molecule has 1 saturated carbocycles. The minimum Gasteiger partial charge on any atom is -0.481 e. The van der Waals surface area contributed by atoms with Crippen molar-refractivity contribution < 1.29 is 43.2 Å². The Hall–Kier alpha value is -1.71. The van der Waals surface area contributed by atoms with Crippen LogP contribution in [0.3, 0.4) is 0 Å². The largest absolute Gasteiger partial charge is 0.481 e. The summed E-state index contributed by atoms with van der Waals surface area (Å²) in [6.07, 6.45) is -1.07. The maximum Gasteiger partial charge on any atom is 0.350 e. The van der Waals surface area contributed by atoms with Crippen molar-refractivity contribution in [3.63, 3.8) is 0 Å². The number of fused-ring (bicyclic) bond motifs is 3. The van der Waals surface area contributed by atoms with Gasteiger partial charge in [0.05, 0.1) is 11.3 Å². The highest BCUT2D eigenvalue weighted by atomic mass is 16.9. The van der Waals surface area contributed by atoms with Gasteiger partial charge in [0.25, 0.3) is 0 Å². The Morgan fingerprint density at radius 1 is 1.09 bits per heavy atom. The van der Waals surface area contributed by atoms with Crippen LogP contribution in [0.5, 0.6) is 0 Å². The third-order valence-corrected chi connectivity index (χ3v) is 7.20.